The van der Waals surface area contributed by atoms with E-state index in [1.54, 1.807) is 0 Å². The molecule has 0 saturated carbocycles. The Morgan fingerprint density at radius 3 is 3.15 bits per heavy atom. The maximum atomic E-state index is 5.50. The maximum Gasteiger partial charge on any atom is 0.134 e. The van der Waals surface area contributed by atoms with Crippen molar-refractivity contribution in [2.75, 3.05) is 6.54 Å². The maximum absolute atomic E-state index is 5.50. The van der Waals surface area contributed by atoms with Crippen LogP contribution in [0.5, 0.6) is 0 Å². The van der Waals surface area contributed by atoms with Crippen LogP contribution in [0, 0.1) is 5.92 Å². The van der Waals surface area contributed by atoms with E-state index in [2.05, 4.69) is 21.7 Å². The van der Waals surface area contributed by atoms with Gasteiger partial charge in [-0.25, -0.2) is 0 Å². The second kappa shape index (κ2) is 3.46. The van der Waals surface area contributed by atoms with E-state index < -0.39 is 0 Å². The summed E-state index contributed by atoms with van der Waals surface area (Å²) in [5, 5.41) is 8.34. The molecule has 1 aliphatic heterocycles. The minimum absolute atomic E-state index is 0.660. The molecule has 13 heavy (non-hydrogen) atoms. The van der Waals surface area contributed by atoms with Crippen LogP contribution in [0.25, 0.3) is 0 Å². The van der Waals surface area contributed by atoms with Crippen molar-refractivity contribution in [3.63, 3.8) is 0 Å². The average Bonchev–Trinajstić information content (AvgIpc) is 2.49. The van der Waals surface area contributed by atoms with Gasteiger partial charge in [0, 0.05) is 19.4 Å². The molecule has 0 fully saturated rings. The Kier molecular flexibility index (Phi) is 2.31. The molecule has 1 unspecified atom stereocenters. The van der Waals surface area contributed by atoms with E-state index in [0.29, 0.717) is 6.54 Å². The fourth-order valence-electron chi connectivity index (χ4n) is 1.86. The van der Waals surface area contributed by atoms with Gasteiger partial charge in [-0.3, -0.25) is 0 Å². The molecule has 0 radical (unpaired) electrons. The molecule has 1 aliphatic rings. The van der Waals surface area contributed by atoms with Crippen molar-refractivity contribution in [1.29, 1.82) is 0 Å². The minimum Gasteiger partial charge on any atom is -0.330 e. The molecule has 4 heteroatoms. The summed E-state index contributed by atoms with van der Waals surface area (Å²) >= 11 is 0. The largest absolute Gasteiger partial charge is 0.330 e. The second-order valence-electron chi connectivity index (χ2n) is 3.82. The molecule has 0 aromatic carbocycles. The van der Waals surface area contributed by atoms with Crippen LogP contribution in [0.3, 0.4) is 0 Å². The Hall–Kier alpha value is -0.900. The molecule has 0 aliphatic carbocycles. The summed E-state index contributed by atoms with van der Waals surface area (Å²) in [6.07, 6.45) is 3.15. The summed E-state index contributed by atoms with van der Waals surface area (Å²) in [6.45, 7) is 3.99. The van der Waals surface area contributed by atoms with Gasteiger partial charge in [-0.05, 0) is 18.9 Å². The van der Waals surface area contributed by atoms with Crippen LogP contribution < -0.4 is 5.73 Å². The van der Waals surface area contributed by atoms with Gasteiger partial charge < -0.3 is 10.3 Å². The van der Waals surface area contributed by atoms with Crippen molar-refractivity contribution in [3.8, 4) is 0 Å². The van der Waals surface area contributed by atoms with Crippen molar-refractivity contribution in [1.82, 2.24) is 14.8 Å². The lowest BCUT2D eigenvalue weighted by atomic mass is 10.0. The van der Waals surface area contributed by atoms with E-state index in [1.165, 1.54) is 6.42 Å². The zero-order valence-corrected chi connectivity index (χ0v) is 8.03. The zero-order valence-electron chi connectivity index (χ0n) is 8.03. The van der Waals surface area contributed by atoms with Crippen molar-refractivity contribution in [3.05, 3.63) is 11.6 Å². The first-order chi connectivity index (χ1) is 6.31. The molecule has 2 N–H and O–H groups in total. The number of fused-ring (bicyclic) bond motifs is 1. The Labute approximate surface area is 78.1 Å². The molecule has 4 nitrogen and oxygen atoms in total. The topological polar surface area (TPSA) is 56.7 Å². The predicted octanol–water partition coefficient (Wildman–Crippen LogP) is 0.362. The second-order valence-corrected chi connectivity index (χ2v) is 3.82. The van der Waals surface area contributed by atoms with Crippen LogP contribution in [0.1, 0.15) is 25.0 Å². The highest BCUT2D eigenvalue weighted by Crippen LogP contribution is 2.19. The monoisotopic (exact) mass is 180 g/mol. The summed E-state index contributed by atoms with van der Waals surface area (Å²) in [4.78, 5) is 0. The highest BCUT2D eigenvalue weighted by Gasteiger charge is 2.19. The molecule has 72 valence electrons. The molecule has 2 heterocycles. The van der Waals surface area contributed by atoms with E-state index in [4.69, 9.17) is 5.73 Å². The smallest absolute Gasteiger partial charge is 0.134 e. The number of hydrogen-bond donors (Lipinski definition) is 1. The Morgan fingerprint density at radius 2 is 2.38 bits per heavy atom. The Balaban J connectivity index is 2.23. The van der Waals surface area contributed by atoms with Crippen LogP contribution in [-0.2, 0) is 19.4 Å². The zero-order chi connectivity index (χ0) is 9.26. The quantitative estimate of drug-likeness (QED) is 0.715. The van der Waals surface area contributed by atoms with Crippen molar-refractivity contribution in [2.24, 2.45) is 11.7 Å². The van der Waals surface area contributed by atoms with Gasteiger partial charge in [-0.2, -0.15) is 0 Å². The number of nitrogens with two attached hydrogens (primary N) is 1. The summed E-state index contributed by atoms with van der Waals surface area (Å²) in [5.41, 5.74) is 5.50. The fourth-order valence-corrected chi connectivity index (χ4v) is 1.86. The van der Waals surface area contributed by atoms with Crippen molar-refractivity contribution >= 4 is 0 Å². The van der Waals surface area contributed by atoms with Gasteiger partial charge in [-0.15, -0.1) is 10.2 Å². The third-order valence-corrected chi connectivity index (χ3v) is 2.65. The molecular weight excluding hydrogens is 164 g/mol. The van der Waals surface area contributed by atoms with Crippen LogP contribution in [-0.4, -0.2) is 21.3 Å². The molecule has 0 amide bonds. The van der Waals surface area contributed by atoms with Crippen LogP contribution in [0.2, 0.25) is 0 Å². The third-order valence-electron chi connectivity index (χ3n) is 2.65. The standard InChI is InChI=1S/C9H16N4/c1-7-3-5-13-8(2-4-10)11-12-9(13)6-7/h7H,2-6,10H2,1H3. The average molecular weight is 180 g/mol. The minimum atomic E-state index is 0.660. The highest BCUT2D eigenvalue weighted by atomic mass is 15.3. The fraction of sp³-hybridized carbons (Fsp3) is 0.778. The molecular formula is C9H16N4. The van der Waals surface area contributed by atoms with Crippen LogP contribution in [0.15, 0.2) is 0 Å². The lowest BCUT2D eigenvalue weighted by molar-refractivity contribution is 0.403. The molecule has 1 atom stereocenters. The third kappa shape index (κ3) is 1.58. The highest BCUT2D eigenvalue weighted by molar-refractivity contribution is 5.00. The Morgan fingerprint density at radius 1 is 1.54 bits per heavy atom. The van der Waals surface area contributed by atoms with Crippen LogP contribution in [0.4, 0.5) is 0 Å². The van der Waals surface area contributed by atoms with Gasteiger partial charge in [0.1, 0.15) is 11.6 Å². The van der Waals surface area contributed by atoms with Crippen molar-refractivity contribution in [2.45, 2.75) is 32.7 Å². The lowest BCUT2D eigenvalue weighted by Crippen LogP contribution is -2.20. The number of nitrogens with zero attached hydrogens (tertiary/aromatic N) is 3. The molecule has 0 bridgehead atoms. The number of rotatable bonds is 2. The first-order valence-corrected chi connectivity index (χ1v) is 4.92. The van der Waals surface area contributed by atoms with Gasteiger partial charge in [0.15, 0.2) is 0 Å². The summed E-state index contributed by atoms with van der Waals surface area (Å²) in [6, 6.07) is 0. The number of aromatic nitrogens is 3. The van der Waals surface area contributed by atoms with E-state index >= 15 is 0 Å². The molecule has 1 aromatic heterocycles. The normalized spacial score (nSPS) is 21.5. The lowest BCUT2D eigenvalue weighted by Gasteiger charge is -2.19. The predicted molar refractivity (Wildman–Crippen MR) is 50.3 cm³/mol. The van der Waals surface area contributed by atoms with Crippen LogP contribution >= 0.6 is 0 Å². The summed E-state index contributed by atoms with van der Waals surface area (Å²) in [5.74, 6) is 2.95. The van der Waals surface area contributed by atoms with Gasteiger partial charge in [0.25, 0.3) is 0 Å². The van der Waals surface area contributed by atoms with Crippen molar-refractivity contribution < 1.29 is 0 Å². The van der Waals surface area contributed by atoms with E-state index in [0.717, 1.165) is 37.0 Å². The Bertz CT molecular complexity index is 278. The molecule has 0 spiro atoms. The molecule has 2 rings (SSSR count). The van der Waals surface area contributed by atoms with Gasteiger partial charge in [0.05, 0.1) is 0 Å². The molecule has 0 saturated heterocycles. The van der Waals surface area contributed by atoms with E-state index in [1.807, 2.05) is 0 Å². The van der Waals surface area contributed by atoms with E-state index in [9.17, 15) is 0 Å². The molecule has 1 aromatic rings. The summed E-state index contributed by atoms with van der Waals surface area (Å²) < 4.78 is 2.23. The number of hydrogen-bond acceptors (Lipinski definition) is 3. The van der Waals surface area contributed by atoms with E-state index in [-0.39, 0.29) is 0 Å². The SMILES string of the molecule is CC1CCn2c(CCN)nnc2C1. The first kappa shape index (κ1) is 8.69. The van der Waals surface area contributed by atoms with Gasteiger partial charge >= 0.3 is 0 Å². The van der Waals surface area contributed by atoms with Gasteiger partial charge in [0.2, 0.25) is 0 Å². The first-order valence-electron chi connectivity index (χ1n) is 4.92. The summed E-state index contributed by atoms with van der Waals surface area (Å²) in [7, 11) is 0. The van der Waals surface area contributed by atoms with Gasteiger partial charge in [-0.1, -0.05) is 6.92 Å².